The van der Waals surface area contributed by atoms with Crippen molar-refractivity contribution in [1.29, 1.82) is 0 Å². The maximum atomic E-state index is 12.5. The van der Waals surface area contributed by atoms with Gasteiger partial charge >= 0.3 is 0 Å². The van der Waals surface area contributed by atoms with Crippen LogP contribution in [-0.4, -0.2) is 22.6 Å². The van der Waals surface area contributed by atoms with Gasteiger partial charge in [0.05, 0.1) is 5.04 Å². The van der Waals surface area contributed by atoms with Crippen molar-refractivity contribution < 1.29 is 9.59 Å². The van der Waals surface area contributed by atoms with Crippen molar-refractivity contribution in [1.82, 2.24) is 0 Å². The van der Waals surface area contributed by atoms with E-state index in [0.29, 0.717) is 5.56 Å². The van der Waals surface area contributed by atoms with Crippen molar-refractivity contribution in [2.24, 2.45) is 15.9 Å². The van der Waals surface area contributed by atoms with Gasteiger partial charge in [0.1, 0.15) is 5.92 Å². The predicted octanol–water partition coefficient (Wildman–Crippen LogP) is 3.71. The highest BCUT2D eigenvalue weighted by Crippen LogP contribution is 2.47. The second-order valence-corrected chi connectivity index (χ2v) is 7.22. The molecule has 1 aromatic rings. The van der Waals surface area contributed by atoms with Crippen molar-refractivity contribution in [2.45, 2.75) is 32.6 Å². The minimum atomic E-state index is -0.315. The van der Waals surface area contributed by atoms with Gasteiger partial charge in [0, 0.05) is 5.56 Å². The first-order valence-corrected chi connectivity index (χ1v) is 8.67. The number of benzene rings is 1. The summed E-state index contributed by atoms with van der Waals surface area (Å²) in [7, 11) is 0. The van der Waals surface area contributed by atoms with Crippen molar-refractivity contribution >= 4 is 34.3 Å². The van der Waals surface area contributed by atoms with Gasteiger partial charge in [0.25, 0.3) is 5.91 Å². The van der Waals surface area contributed by atoms with Crippen LogP contribution in [0.2, 0.25) is 0 Å². The van der Waals surface area contributed by atoms with E-state index in [1.165, 1.54) is 10.5 Å². The first-order valence-electron chi connectivity index (χ1n) is 7.86. The fourth-order valence-electron chi connectivity index (χ4n) is 3.23. The Morgan fingerprint density at radius 3 is 2.65 bits per heavy atom. The standard InChI is InChI=1S/C18H16N2O2S/c1-10-6-8-11(9-7-10)15(21)16-19-17(22)14-12-4-2-3-5-13(12)23-18(14)20-16/h6-9,14H,2-5H2,1H3. The number of hydrogen-bond donors (Lipinski definition) is 0. The number of ketones is 1. The molecule has 1 aromatic carbocycles. The lowest BCUT2D eigenvalue weighted by atomic mass is 9.89. The molecule has 0 aromatic heterocycles. The van der Waals surface area contributed by atoms with Crippen LogP contribution in [0.15, 0.2) is 44.7 Å². The minimum Gasteiger partial charge on any atom is -0.285 e. The van der Waals surface area contributed by atoms with Crippen LogP contribution in [0.1, 0.15) is 41.6 Å². The number of aliphatic imine (C=N–C) groups is 2. The summed E-state index contributed by atoms with van der Waals surface area (Å²) in [6, 6.07) is 7.25. The molecule has 3 aliphatic rings. The van der Waals surface area contributed by atoms with Gasteiger partial charge < -0.3 is 0 Å². The van der Waals surface area contributed by atoms with Gasteiger partial charge in [0.2, 0.25) is 11.6 Å². The van der Waals surface area contributed by atoms with E-state index in [0.717, 1.165) is 36.3 Å². The van der Waals surface area contributed by atoms with Gasteiger partial charge in [-0.2, -0.15) is 4.99 Å². The Balaban J connectivity index is 1.65. The lowest BCUT2D eigenvalue weighted by Crippen LogP contribution is -2.29. The Hall–Kier alpha value is -2.01. The topological polar surface area (TPSA) is 58.9 Å². The number of thioether (sulfide) groups is 1. The highest BCUT2D eigenvalue weighted by molar-refractivity contribution is 8.17. The third kappa shape index (κ3) is 2.49. The zero-order valence-electron chi connectivity index (χ0n) is 12.8. The molecule has 1 aliphatic carbocycles. The average Bonchev–Trinajstić information content (AvgIpc) is 2.93. The molecule has 1 unspecified atom stereocenters. The number of carbonyl (C=O) groups excluding carboxylic acids is 2. The number of aryl methyl sites for hydroxylation is 1. The van der Waals surface area contributed by atoms with Gasteiger partial charge in [-0.05, 0) is 43.1 Å². The van der Waals surface area contributed by atoms with E-state index >= 15 is 0 Å². The summed E-state index contributed by atoms with van der Waals surface area (Å²) in [5, 5.41) is 0.743. The van der Waals surface area contributed by atoms with E-state index in [2.05, 4.69) is 9.98 Å². The molecule has 1 atom stereocenters. The second kappa shape index (κ2) is 5.57. The van der Waals surface area contributed by atoms with Crippen molar-refractivity contribution in [2.75, 3.05) is 0 Å². The number of Topliss-reactive ketones (excluding diaryl/α,β-unsaturated/α-hetero) is 1. The van der Waals surface area contributed by atoms with Crippen LogP contribution in [-0.2, 0) is 4.79 Å². The summed E-state index contributed by atoms with van der Waals surface area (Å²) in [5.41, 5.74) is 2.79. The van der Waals surface area contributed by atoms with E-state index in [4.69, 9.17) is 0 Å². The van der Waals surface area contributed by atoms with E-state index < -0.39 is 0 Å². The second-order valence-electron chi connectivity index (χ2n) is 6.11. The van der Waals surface area contributed by atoms with Crippen LogP contribution in [0.3, 0.4) is 0 Å². The Morgan fingerprint density at radius 1 is 1.13 bits per heavy atom. The van der Waals surface area contributed by atoms with Crippen LogP contribution < -0.4 is 0 Å². The molecule has 1 amide bonds. The van der Waals surface area contributed by atoms with E-state index in [9.17, 15) is 9.59 Å². The summed E-state index contributed by atoms with van der Waals surface area (Å²) < 4.78 is 0. The number of amides is 1. The zero-order chi connectivity index (χ0) is 16.0. The molecule has 116 valence electrons. The molecule has 0 bridgehead atoms. The van der Waals surface area contributed by atoms with Crippen molar-refractivity contribution in [3.63, 3.8) is 0 Å². The predicted molar refractivity (Wildman–Crippen MR) is 92.0 cm³/mol. The SMILES string of the molecule is Cc1ccc(C(=O)C2=NC(=O)C3C(=N2)SC2=C3CCCC2)cc1. The molecule has 2 heterocycles. The minimum absolute atomic E-state index is 0.0254. The van der Waals surface area contributed by atoms with Crippen LogP contribution in [0.4, 0.5) is 0 Å². The highest BCUT2D eigenvalue weighted by atomic mass is 32.2. The maximum Gasteiger partial charge on any atom is 0.261 e. The fraction of sp³-hybridized carbons (Fsp3) is 0.333. The molecule has 0 saturated heterocycles. The summed E-state index contributed by atoms with van der Waals surface area (Å²) >= 11 is 1.58. The summed E-state index contributed by atoms with van der Waals surface area (Å²) in [6.07, 6.45) is 4.25. The number of hydrogen-bond acceptors (Lipinski definition) is 4. The summed E-state index contributed by atoms with van der Waals surface area (Å²) in [4.78, 5) is 34.7. The van der Waals surface area contributed by atoms with Crippen LogP contribution in [0.25, 0.3) is 0 Å². The lowest BCUT2D eigenvalue weighted by molar-refractivity contribution is -0.118. The zero-order valence-corrected chi connectivity index (χ0v) is 13.7. The third-order valence-electron chi connectivity index (χ3n) is 4.48. The molecular weight excluding hydrogens is 308 g/mol. The molecular formula is C18H16N2O2S. The molecule has 2 aliphatic heterocycles. The number of nitrogens with zero attached hydrogens (tertiary/aromatic N) is 2. The molecule has 5 heteroatoms. The summed E-state index contributed by atoms with van der Waals surface area (Å²) in [5.74, 6) is -0.804. The van der Waals surface area contributed by atoms with Gasteiger partial charge in [0.15, 0.2) is 0 Å². The molecule has 4 rings (SSSR count). The molecule has 0 radical (unpaired) electrons. The Morgan fingerprint density at radius 2 is 1.87 bits per heavy atom. The van der Waals surface area contributed by atoms with Gasteiger partial charge in [-0.25, -0.2) is 4.99 Å². The van der Waals surface area contributed by atoms with Crippen LogP contribution >= 0.6 is 11.8 Å². The first kappa shape index (κ1) is 14.6. The third-order valence-corrected chi connectivity index (χ3v) is 5.73. The number of allylic oxidation sites excluding steroid dienone is 1. The molecule has 0 saturated carbocycles. The normalized spacial score (nSPS) is 23.2. The average molecular weight is 324 g/mol. The van der Waals surface area contributed by atoms with Crippen molar-refractivity contribution in [3.8, 4) is 0 Å². The Bertz CT molecular complexity index is 803. The number of rotatable bonds is 2. The molecule has 0 fully saturated rings. The van der Waals surface area contributed by atoms with Crippen LogP contribution in [0.5, 0.6) is 0 Å². The van der Waals surface area contributed by atoms with E-state index in [1.807, 2.05) is 19.1 Å². The fourth-order valence-corrected chi connectivity index (χ4v) is 4.58. The first-order chi connectivity index (χ1) is 11.1. The molecule has 4 nitrogen and oxygen atoms in total. The molecule has 23 heavy (non-hydrogen) atoms. The Labute approximate surface area is 138 Å². The summed E-state index contributed by atoms with van der Waals surface area (Å²) in [6.45, 7) is 1.96. The van der Waals surface area contributed by atoms with Gasteiger partial charge in [-0.3, -0.25) is 9.59 Å². The number of amidine groups is 1. The van der Waals surface area contributed by atoms with Gasteiger partial charge in [-0.1, -0.05) is 41.6 Å². The smallest absolute Gasteiger partial charge is 0.261 e. The monoisotopic (exact) mass is 324 g/mol. The van der Waals surface area contributed by atoms with Gasteiger partial charge in [-0.15, -0.1) is 0 Å². The van der Waals surface area contributed by atoms with E-state index in [-0.39, 0.29) is 23.4 Å². The van der Waals surface area contributed by atoms with Crippen LogP contribution in [0, 0.1) is 12.8 Å². The van der Waals surface area contributed by atoms with E-state index in [1.54, 1.807) is 23.9 Å². The highest BCUT2D eigenvalue weighted by Gasteiger charge is 2.41. The number of fused-ring (bicyclic) bond motifs is 2. The molecule has 0 spiro atoms. The van der Waals surface area contributed by atoms with Crippen molar-refractivity contribution in [3.05, 3.63) is 45.9 Å². The lowest BCUT2D eigenvalue weighted by Gasteiger charge is -2.18. The molecule has 0 N–H and O–H groups in total. The number of carbonyl (C=O) groups is 2. The quantitative estimate of drug-likeness (QED) is 0.779. The largest absolute Gasteiger partial charge is 0.285 e. The maximum absolute atomic E-state index is 12.5. The Kier molecular flexibility index (Phi) is 3.53.